The second-order valence-corrected chi connectivity index (χ2v) is 5.17. The van der Waals surface area contributed by atoms with Crippen molar-refractivity contribution in [2.75, 3.05) is 27.2 Å². The van der Waals surface area contributed by atoms with Crippen molar-refractivity contribution in [1.82, 2.24) is 15.2 Å². The zero-order chi connectivity index (χ0) is 13.1. The van der Waals surface area contributed by atoms with Crippen molar-refractivity contribution >= 4 is 0 Å². The van der Waals surface area contributed by atoms with Gasteiger partial charge in [0.05, 0.1) is 12.8 Å². The fourth-order valence-corrected chi connectivity index (χ4v) is 2.59. The minimum absolute atomic E-state index is 0.587. The van der Waals surface area contributed by atoms with Crippen LogP contribution in [0.3, 0.4) is 0 Å². The molecule has 1 aliphatic rings. The van der Waals surface area contributed by atoms with Gasteiger partial charge in [-0.15, -0.1) is 0 Å². The van der Waals surface area contributed by atoms with Gasteiger partial charge in [-0.1, -0.05) is 0 Å². The smallest absolute Gasteiger partial charge is 0.128 e. The first kappa shape index (κ1) is 13.3. The Morgan fingerprint density at radius 2 is 2.28 bits per heavy atom. The molecule has 1 fully saturated rings. The summed E-state index contributed by atoms with van der Waals surface area (Å²) < 4.78 is 5.43. The third-order valence-electron chi connectivity index (χ3n) is 3.70. The largest absolute Gasteiger partial charge is 0.496 e. The van der Waals surface area contributed by atoms with Gasteiger partial charge in [0.1, 0.15) is 5.75 Å². The molecule has 18 heavy (non-hydrogen) atoms. The van der Waals surface area contributed by atoms with E-state index in [-0.39, 0.29) is 0 Å². The number of pyridine rings is 1. The van der Waals surface area contributed by atoms with E-state index in [1.165, 1.54) is 13.0 Å². The van der Waals surface area contributed by atoms with E-state index in [0.717, 1.165) is 35.7 Å². The molecule has 0 amide bonds. The average molecular weight is 249 g/mol. The lowest BCUT2D eigenvalue weighted by Crippen LogP contribution is -2.31. The van der Waals surface area contributed by atoms with Crippen LogP contribution < -0.4 is 10.1 Å². The highest BCUT2D eigenvalue weighted by Crippen LogP contribution is 2.24. The molecule has 2 heterocycles. The van der Waals surface area contributed by atoms with Gasteiger partial charge in [-0.25, -0.2) is 0 Å². The van der Waals surface area contributed by atoms with Crippen LogP contribution in [0.25, 0.3) is 0 Å². The van der Waals surface area contributed by atoms with Gasteiger partial charge in [-0.3, -0.25) is 4.98 Å². The van der Waals surface area contributed by atoms with E-state index >= 15 is 0 Å². The molecule has 1 aromatic rings. The molecule has 1 aliphatic heterocycles. The molecule has 1 aromatic heterocycles. The summed E-state index contributed by atoms with van der Waals surface area (Å²) in [6.07, 6.45) is 3.11. The predicted octanol–water partition coefficient (Wildman–Crippen LogP) is 1.50. The van der Waals surface area contributed by atoms with Gasteiger partial charge in [0, 0.05) is 36.5 Å². The molecule has 0 spiro atoms. The maximum atomic E-state index is 5.43. The zero-order valence-corrected chi connectivity index (χ0v) is 11.8. The number of aromatic nitrogens is 1. The molecular formula is C14H23N3O. The lowest BCUT2D eigenvalue weighted by Gasteiger charge is -2.15. The summed E-state index contributed by atoms with van der Waals surface area (Å²) in [7, 11) is 3.89. The summed E-state index contributed by atoms with van der Waals surface area (Å²) in [5, 5.41) is 3.58. The fraction of sp³-hybridized carbons (Fsp3) is 0.643. The highest BCUT2D eigenvalue weighted by atomic mass is 16.5. The number of methoxy groups -OCH3 is 1. The summed E-state index contributed by atoms with van der Waals surface area (Å²) in [5.74, 6) is 0.963. The van der Waals surface area contributed by atoms with E-state index in [1.54, 1.807) is 7.11 Å². The molecule has 0 bridgehead atoms. The molecule has 4 heteroatoms. The normalized spacial score (nSPS) is 20.3. The minimum atomic E-state index is 0.587. The first-order valence-electron chi connectivity index (χ1n) is 6.52. The van der Waals surface area contributed by atoms with E-state index in [2.05, 4.69) is 29.2 Å². The Balaban J connectivity index is 2.01. The van der Waals surface area contributed by atoms with Gasteiger partial charge in [0.25, 0.3) is 0 Å². The van der Waals surface area contributed by atoms with Gasteiger partial charge in [-0.05, 0) is 33.9 Å². The third-order valence-corrected chi connectivity index (χ3v) is 3.70. The van der Waals surface area contributed by atoms with Crippen LogP contribution in [0.15, 0.2) is 6.20 Å². The number of likely N-dealkylation sites (N-methyl/N-ethyl adjacent to an activating group) is 1. The topological polar surface area (TPSA) is 37.4 Å². The highest BCUT2D eigenvalue weighted by molar-refractivity contribution is 5.40. The first-order valence-corrected chi connectivity index (χ1v) is 6.52. The minimum Gasteiger partial charge on any atom is -0.496 e. The molecule has 2 rings (SSSR count). The Labute approximate surface area is 109 Å². The Morgan fingerprint density at radius 3 is 2.89 bits per heavy atom. The number of aryl methyl sites for hydroxylation is 1. The Hall–Kier alpha value is -1.13. The predicted molar refractivity (Wildman–Crippen MR) is 73.0 cm³/mol. The second-order valence-electron chi connectivity index (χ2n) is 5.17. The molecule has 4 nitrogen and oxygen atoms in total. The maximum Gasteiger partial charge on any atom is 0.128 e. The van der Waals surface area contributed by atoms with E-state index < -0.39 is 0 Å². The summed E-state index contributed by atoms with van der Waals surface area (Å²) in [5.41, 5.74) is 3.34. The number of rotatable bonds is 4. The highest BCUT2D eigenvalue weighted by Gasteiger charge is 2.19. The molecule has 0 aliphatic carbocycles. The van der Waals surface area contributed by atoms with Crippen LogP contribution in [-0.2, 0) is 6.54 Å². The van der Waals surface area contributed by atoms with Crippen LogP contribution in [0.4, 0.5) is 0 Å². The monoisotopic (exact) mass is 249 g/mol. The SMILES string of the molecule is COc1c(C)cnc(CNC2CCN(C)C2)c1C. The third kappa shape index (κ3) is 2.82. The standard InChI is InChI=1S/C14H23N3O/c1-10-7-16-13(11(2)14(10)18-4)8-15-12-5-6-17(3)9-12/h7,12,15H,5-6,8-9H2,1-4H3. The van der Waals surface area contributed by atoms with Crippen LogP contribution >= 0.6 is 0 Å². The van der Waals surface area contributed by atoms with Crippen molar-refractivity contribution in [2.45, 2.75) is 32.9 Å². The summed E-state index contributed by atoms with van der Waals surface area (Å²) in [6, 6.07) is 0.587. The Kier molecular flexibility index (Phi) is 4.19. The van der Waals surface area contributed by atoms with Crippen LogP contribution in [0.1, 0.15) is 23.2 Å². The van der Waals surface area contributed by atoms with Gasteiger partial charge < -0.3 is 15.0 Å². The van der Waals surface area contributed by atoms with E-state index in [9.17, 15) is 0 Å². The van der Waals surface area contributed by atoms with Crippen LogP contribution in [-0.4, -0.2) is 43.2 Å². The number of hydrogen-bond acceptors (Lipinski definition) is 4. The van der Waals surface area contributed by atoms with Crippen molar-refractivity contribution in [1.29, 1.82) is 0 Å². The molecule has 100 valence electrons. The maximum absolute atomic E-state index is 5.43. The quantitative estimate of drug-likeness (QED) is 0.877. The Morgan fingerprint density at radius 1 is 1.50 bits per heavy atom. The summed E-state index contributed by atoms with van der Waals surface area (Å²) in [6.45, 7) is 7.24. The molecule has 0 aromatic carbocycles. The zero-order valence-electron chi connectivity index (χ0n) is 11.8. The Bertz CT molecular complexity index is 420. The molecule has 0 radical (unpaired) electrons. The van der Waals surface area contributed by atoms with Gasteiger partial charge >= 0.3 is 0 Å². The van der Waals surface area contributed by atoms with Gasteiger partial charge in [0.15, 0.2) is 0 Å². The van der Waals surface area contributed by atoms with Crippen molar-refractivity contribution in [3.05, 3.63) is 23.0 Å². The molecule has 1 N–H and O–H groups in total. The molecule has 1 atom stereocenters. The lowest BCUT2D eigenvalue weighted by atomic mass is 10.1. The first-order chi connectivity index (χ1) is 8.61. The van der Waals surface area contributed by atoms with Crippen molar-refractivity contribution in [3.63, 3.8) is 0 Å². The van der Waals surface area contributed by atoms with Crippen LogP contribution in [0.5, 0.6) is 5.75 Å². The second kappa shape index (κ2) is 5.67. The van der Waals surface area contributed by atoms with E-state index in [0.29, 0.717) is 6.04 Å². The molecular weight excluding hydrogens is 226 g/mol. The van der Waals surface area contributed by atoms with Crippen LogP contribution in [0.2, 0.25) is 0 Å². The van der Waals surface area contributed by atoms with E-state index in [1.807, 2.05) is 13.1 Å². The lowest BCUT2D eigenvalue weighted by molar-refractivity contribution is 0.395. The molecule has 1 unspecified atom stereocenters. The number of likely N-dealkylation sites (tertiary alicyclic amines) is 1. The average Bonchev–Trinajstić information content (AvgIpc) is 2.75. The summed E-state index contributed by atoms with van der Waals surface area (Å²) in [4.78, 5) is 6.87. The molecule has 0 saturated carbocycles. The number of nitrogens with one attached hydrogen (secondary N) is 1. The van der Waals surface area contributed by atoms with Crippen molar-refractivity contribution in [3.8, 4) is 5.75 Å². The number of ether oxygens (including phenoxy) is 1. The van der Waals surface area contributed by atoms with Crippen LogP contribution in [0, 0.1) is 13.8 Å². The van der Waals surface area contributed by atoms with Gasteiger partial charge in [-0.2, -0.15) is 0 Å². The van der Waals surface area contributed by atoms with Crippen molar-refractivity contribution < 1.29 is 4.74 Å². The van der Waals surface area contributed by atoms with E-state index in [4.69, 9.17) is 4.74 Å². The van der Waals surface area contributed by atoms with Crippen molar-refractivity contribution in [2.24, 2.45) is 0 Å². The van der Waals surface area contributed by atoms with Gasteiger partial charge in [0.2, 0.25) is 0 Å². The summed E-state index contributed by atoms with van der Waals surface area (Å²) >= 11 is 0. The number of hydrogen-bond donors (Lipinski definition) is 1. The fourth-order valence-electron chi connectivity index (χ4n) is 2.59. The molecule has 1 saturated heterocycles. The number of nitrogens with zero attached hydrogens (tertiary/aromatic N) is 2.